The zero-order chi connectivity index (χ0) is 19.1. The number of hydrogen-bond acceptors (Lipinski definition) is 5. The SMILES string of the molecule is CCC(CC)NC(=O)CSc1nc2cc(Cl)ccc2c(=O)n1CCOC. The van der Waals surface area contributed by atoms with E-state index in [-0.39, 0.29) is 23.3 Å². The number of carbonyl (C=O) groups is 1. The lowest BCUT2D eigenvalue weighted by molar-refractivity contribution is -0.119. The Labute approximate surface area is 162 Å². The van der Waals surface area contributed by atoms with Gasteiger partial charge in [0.05, 0.1) is 29.8 Å². The molecule has 1 aromatic carbocycles. The third-order valence-corrected chi connectivity index (χ3v) is 5.30. The second-order valence-electron chi connectivity index (χ2n) is 5.88. The lowest BCUT2D eigenvalue weighted by Crippen LogP contribution is -2.35. The number of carbonyl (C=O) groups excluding carboxylic acids is 1. The van der Waals surface area contributed by atoms with Gasteiger partial charge in [-0.05, 0) is 31.0 Å². The van der Waals surface area contributed by atoms with Gasteiger partial charge in [0.15, 0.2) is 5.16 Å². The van der Waals surface area contributed by atoms with Gasteiger partial charge in [-0.1, -0.05) is 37.2 Å². The highest BCUT2D eigenvalue weighted by molar-refractivity contribution is 7.99. The molecule has 1 heterocycles. The first-order valence-corrected chi connectivity index (χ1v) is 9.97. The minimum absolute atomic E-state index is 0.0672. The van der Waals surface area contributed by atoms with E-state index >= 15 is 0 Å². The van der Waals surface area contributed by atoms with E-state index in [2.05, 4.69) is 10.3 Å². The molecule has 0 aliphatic heterocycles. The van der Waals surface area contributed by atoms with Crippen molar-refractivity contribution >= 4 is 40.2 Å². The molecule has 2 aromatic rings. The number of thioether (sulfide) groups is 1. The largest absolute Gasteiger partial charge is 0.383 e. The molecular weight excluding hydrogens is 374 g/mol. The zero-order valence-electron chi connectivity index (χ0n) is 15.3. The van der Waals surface area contributed by atoms with Gasteiger partial charge in [0.25, 0.3) is 5.56 Å². The Morgan fingerprint density at radius 2 is 2.12 bits per heavy atom. The van der Waals surface area contributed by atoms with Crippen molar-refractivity contribution in [1.82, 2.24) is 14.9 Å². The molecule has 2 rings (SSSR count). The summed E-state index contributed by atoms with van der Waals surface area (Å²) in [7, 11) is 1.58. The maximum absolute atomic E-state index is 12.8. The highest BCUT2D eigenvalue weighted by Gasteiger charge is 2.15. The second kappa shape index (κ2) is 9.94. The Hall–Kier alpha value is -1.57. The van der Waals surface area contributed by atoms with Gasteiger partial charge >= 0.3 is 0 Å². The van der Waals surface area contributed by atoms with Crippen molar-refractivity contribution in [3.05, 3.63) is 33.6 Å². The molecule has 1 N–H and O–H groups in total. The third-order valence-electron chi connectivity index (χ3n) is 4.08. The van der Waals surface area contributed by atoms with Crippen LogP contribution in [0.25, 0.3) is 10.9 Å². The van der Waals surface area contributed by atoms with E-state index in [1.165, 1.54) is 11.8 Å². The fourth-order valence-corrected chi connectivity index (χ4v) is 3.56. The molecule has 1 aromatic heterocycles. The van der Waals surface area contributed by atoms with Crippen LogP contribution in [0.3, 0.4) is 0 Å². The van der Waals surface area contributed by atoms with E-state index in [9.17, 15) is 9.59 Å². The number of nitrogens with zero attached hydrogens (tertiary/aromatic N) is 2. The van der Waals surface area contributed by atoms with Crippen LogP contribution < -0.4 is 10.9 Å². The maximum atomic E-state index is 12.8. The molecule has 0 aliphatic carbocycles. The van der Waals surface area contributed by atoms with Crippen LogP contribution in [0.1, 0.15) is 26.7 Å². The average Bonchev–Trinajstić information content (AvgIpc) is 2.63. The third kappa shape index (κ3) is 5.22. The number of amides is 1. The van der Waals surface area contributed by atoms with E-state index in [0.717, 1.165) is 12.8 Å². The Balaban J connectivity index is 2.28. The summed E-state index contributed by atoms with van der Waals surface area (Å²) in [5.41, 5.74) is 0.366. The lowest BCUT2D eigenvalue weighted by atomic mass is 10.2. The Morgan fingerprint density at radius 3 is 2.77 bits per heavy atom. The summed E-state index contributed by atoms with van der Waals surface area (Å²) in [6.45, 7) is 4.84. The highest BCUT2D eigenvalue weighted by atomic mass is 35.5. The second-order valence-corrected chi connectivity index (χ2v) is 7.25. The number of rotatable bonds is 9. The van der Waals surface area contributed by atoms with Gasteiger partial charge in [-0.15, -0.1) is 0 Å². The molecule has 0 aliphatic rings. The number of hydrogen-bond donors (Lipinski definition) is 1. The van der Waals surface area contributed by atoms with Crippen LogP contribution in [0.4, 0.5) is 0 Å². The number of fused-ring (bicyclic) bond motifs is 1. The molecule has 0 unspecified atom stereocenters. The van der Waals surface area contributed by atoms with E-state index in [1.807, 2.05) is 13.8 Å². The van der Waals surface area contributed by atoms with Crippen LogP contribution in [0.15, 0.2) is 28.2 Å². The van der Waals surface area contributed by atoms with Gasteiger partial charge in [0, 0.05) is 18.2 Å². The fraction of sp³-hybridized carbons (Fsp3) is 0.500. The summed E-state index contributed by atoms with van der Waals surface area (Å²) in [6.07, 6.45) is 1.77. The first-order valence-electron chi connectivity index (χ1n) is 8.61. The van der Waals surface area contributed by atoms with Crippen molar-refractivity contribution in [3.8, 4) is 0 Å². The molecule has 0 saturated heterocycles. The predicted molar refractivity (Wildman–Crippen MR) is 106 cm³/mol. The van der Waals surface area contributed by atoms with Gasteiger partial charge in [-0.2, -0.15) is 0 Å². The smallest absolute Gasteiger partial charge is 0.262 e. The van der Waals surface area contributed by atoms with E-state index < -0.39 is 0 Å². The molecule has 0 fully saturated rings. The molecule has 0 saturated carbocycles. The quantitative estimate of drug-likeness (QED) is 0.520. The normalized spacial score (nSPS) is 11.3. The van der Waals surface area contributed by atoms with Crippen LogP contribution >= 0.6 is 23.4 Å². The Morgan fingerprint density at radius 1 is 1.38 bits per heavy atom. The van der Waals surface area contributed by atoms with Crippen molar-refractivity contribution in [2.45, 2.75) is 44.4 Å². The maximum Gasteiger partial charge on any atom is 0.262 e. The van der Waals surface area contributed by atoms with Crippen LogP contribution in [0.2, 0.25) is 5.02 Å². The summed E-state index contributed by atoms with van der Waals surface area (Å²) >= 11 is 7.27. The summed E-state index contributed by atoms with van der Waals surface area (Å²) < 4.78 is 6.65. The molecule has 26 heavy (non-hydrogen) atoms. The van der Waals surface area contributed by atoms with Crippen molar-refractivity contribution in [2.24, 2.45) is 0 Å². The summed E-state index contributed by atoms with van der Waals surface area (Å²) in [4.78, 5) is 29.5. The van der Waals surface area contributed by atoms with Crippen LogP contribution in [-0.2, 0) is 16.1 Å². The van der Waals surface area contributed by atoms with Gasteiger partial charge in [-0.3, -0.25) is 14.2 Å². The minimum Gasteiger partial charge on any atom is -0.383 e. The highest BCUT2D eigenvalue weighted by Crippen LogP contribution is 2.20. The summed E-state index contributed by atoms with van der Waals surface area (Å²) in [5, 5.41) is 4.49. The van der Waals surface area contributed by atoms with Crippen molar-refractivity contribution in [2.75, 3.05) is 19.5 Å². The summed E-state index contributed by atoms with van der Waals surface area (Å²) in [5.74, 6) is 0.129. The molecule has 8 heteroatoms. The first kappa shape index (κ1) is 20.7. The van der Waals surface area contributed by atoms with Crippen LogP contribution in [-0.4, -0.2) is 41.0 Å². The number of aromatic nitrogens is 2. The van der Waals surface area contributed by atoms with Gasteiger partial charge in [0.2, 0.25) is 5.91 Å². The molecule has 142 valence electrons. The molecule has 0 spiro atoms. The van der Waals surface area contributed by atoms with Crippen molar-refractivity contribution < 1.29 is 9.53 Å². The number of methoxy groups -OCH3 is 1. The van der Waals surface area contributed by atoms with Gasteiger partial charge in [-0.25, -0.2) is 4.98 Å². The average molecular weight is 398 g/mol. The number of ether oxygens (including phenoxy) is 1. The van der Waals surface area contributed by atoms with Gasteiger partial charge in [0.1, 0.15) is 0 Å². The van der Waals surface area contributed by atoms with Gasteiger partial charge < -0.3 is 10.1 Å². The number of halogens is 1. The minimum atomic E-state index is -0.161. The molecule has 0 bridgehead atoms. The summed E-state index contributed by atoms with van der Waals surface area (Å²) in [6, 6.07) is 5.17. The van der Waals surface area contributed by atoms with Crippen molar-refractivity contribution in [3.63, 3.8) is 0 Å². The number of benzene rings is 1. The van der Waals surface area contributed by atoms with E-state index in [4.69, 9.17) is 16.3 Å². The number of nitrogens with one attached hydrogen (secondary N) is 1. The van der Waals surface area contributed by atoms with E-state index in [1.54, 1.807) is 29.9 Å². The predicted octanol–water partition coefficient (Wildman–Crippen LogP) is 3.09. The molecule has 0 atom stereocenters. The fourth-order valence-electron chi connectivity index (χ4n) is 2.56. The Kier molecular flexibility index (Phi) is 7.93. The lowest BCUT2D eigenvalue weighted by Gasteiger charge is -2.15. The monoisotopic (exact) mass is 397 g/mol. The Bertz CT molecular complexity index is 821. The molecule has 1 amide bonds. The standard InChI is InChI=1S/C18H24ClN3O3S/c1-4-13(5-2)20-16(23)11-26-18-21-15-10-12(19)6-7-14(15)17(24)22(18)8-9-25-3/h6-7,10,13H,4-5,8-9,11H2,1-3H3,(H,20,23). The molecule has 0 radical (unpaired) electrons. The van der Waals surface area contributed by atoms with E-state index in [0.29, 0.717) is 34.2 Å². The topological polar surface area (TPSA) is 73.2 Å². The molecular formula is C18H24ClN3O3S. The van der Waals surface area contributed by atoms with Crippen molar-refractivity contribution in [1.29, 1.82) is 0 Å². The van der Waals surface area contributed by atoms with Crippen LogP contribution in [0, 0.1) is 0 Å². The zero-order valence-corrected chi connectivity index (χ0v) is 16.8. The first-order chi connectivity index (χ1) is 12.5. The van der Waals surface area contributed by atoms with Crippen LogP contribution in [0.5, 0.6) is 0 Å². The molecule has 6 nitrogen and oxygen atoms in total.